The third-order valence-corrected chi connectivity index (χ3v) is 3.48. The van der Waals surface area contributed by atoms with Crippen molar-refractivity contribution < 1.29 is 4.79 Å². The number of amides is 1. The normalized spacial score (nSPS) is 12.3. The minimum atomic E-state index is -0.115. The molecule has 0 saturated carbocycles. The summed E-state index contributed by atoms with van der Waals surface area (Å²) < 4.78 is 1.48. The number of carbonyl (C=O) groups is 1. The zero-order valence-electron chi connectivity index (χ0n) is 10.6. The number of hydrogen-bond acceptors (Lipinski definition) is 6. The average molecular weight is 280 g/mol. The molecule has 7 nitrogen and oxygen atoms in total. The Hall–Kier alpha value is -1.80. The van der Waals surface area contributed by atoms with Crippen molar-refractivity contribution in [3.05, 3.63) is 28.5 Å². The van der Waals surface area contributed by atoms with Crippen molar-refractivity contribution in [1.29, 1.82) is 0 Å². The van der Waals surface area contributed by atoms with Crippen LogP contribution in [0.5, 0.6) is 0 Å². The fourth-order valence-electron chi connectivity index (χ4n) is 1.64. The van der Waals surface area contributed by atoms with Crippen molar-refractivity contribution in [3.8, 4) is 0 Å². The van der Waals surface area contributed by atoms with Gasteiger partial charge in [0.2, 0.25) is 5.91 Å². The van der Waals surface area contributed by atoms with Gasteiger partial charge in [-0.3, -0.25) is 4.79 Å². The Bertz CT molecular complexity index is 523. The molecule has 2 aromatic rings. The molecule has 0 aliphatic heterocycles. The summed E-state index contributed by atoms with van der Waals surface area (Å²) in [4.78, 5) is 16.1. The van der Waals surface area contributed by atoms with E-state index in [1.54, 1.807) is 12.4 Å². The van der Waals surface area contributed by atoms with Crippen LogP contribution in [0.3, 0.4) is 0 Å². The van der Waals surface area contributed by atoms with E-state index in [0.717, 1.165) is 11.4 Å². The molecular formula is C11H16N6OS. The van der Waals surface area contributed by atoms with Gasteiger partial charge in [0, 0.05) is 18.1 Å². The van der Waals surface area contributed by atoms with Crippen LogP contribution in [0.2, 0.25) is 0 Å². The second-order valence-corrected chi connectivity index (χ2v) is 4.94. The molecular weight excluding hydrogens is 264 g/mol. The third-order valence-electron chi connectivity index (χ3n) is 2.59. The van der Waals surface area contributed by atoms with Gasteiger partial charge in [-0.2, -0.15) is 0 Å². The molecule has 0 bridgehead atoms. The molecule has 0 aliphatic carbocycles. The lowest BCUT2D eigenvalue weighted by Crippen LogP contribution is -2.31. The topological polar surface area (TPSA) is 98.7 Å². The van der Waals surface area contributed by atoms with Crippen LogP contribution < -0.4 is 11.1 Å². The highest BCUT2D eigenvalue weighted by Crippen LogP contribution is 2.18. The molecule has 2 rings (SSSR count). The first-order chi connectivity index (χ1) is 9.22. The standard InChI is InChI=1S/C11H16N6OS/c1-2-9(11-13-3-4-19-11)14-10(18)7-17-6-8(5-12)15-16-17/h3-4,6,9H,2,5,7,12H2,1H3,(H,14,18). The lowest BCUT2D eigenvalue weighted by molar-refractivity contribution is -0.122. The first-order valence-corrected chi connectivity index (χ1v) is 6.88. The molecule has 1 unspecified atom stereocenters. The van der Waals surface area contributed by atoms with Gasteiger partial charge in [-0.15, -0.1) is 16.4 Å². The Kier molecular flexibility index (Phi) is 4.58. The monoisotopic (exact) mass is 280 g/mol. The molecule has 0 fully saturated rings. The number of thiazole rings is 1. The van der Waals surface area contributed by atoms with Gasteiger partial charge in [0.15, 0.2) is 0 Å². The fourth-order valence-corrected chi connectivity index (χ4v) is 2.41. The summed E-state index contributed by atoms with van der Waals surface area (Å²) in [7, 11) is 0. The van der Waals surface area contributed by atoms with Crippen molar-refractivity contribution in [2.75, 3.05) is 0 Å². The lowest BCUT2D eigenvalue weighted by Gasteiger charge is -2.14. The molecule has 0 saturated heterocycles. The molecule has 102 valence electrons. The fraction of sp³-hybridized carbons (Fsp3) is 0.455. The summed E-state index contributed by atoms with van der Waals surface area (Å²) in [5.74, 6) is -0.115. The van der Waals surface area contributed by atoms with Gasteiger partial charge in [-0.1, -0.05) is 12.1 Å². The van der Waals surface area contributed by atoms with E-state index in [2.05, 4.69) is 20.6 Å². The number of rotatable bonds is 6. The Labute approximate surface area is 114 Å². The summed E-state index contributed by atoms with van der Waals surface area (Å²) in [6, 6.07) is -0.0509. The Morgan fingerprint density at radius 1 is 1.63 bits per heavy atom. The Balaban J connectivity index is 1.93. The van der Waals surface area contributed by atoms with Gasteiger partial charge in [-0.05, 0) is 6.42 Å². The number of nitrogens with two attached hydrogens (primary N) is 1. The predicted octanol–water partition coefficient (Wildman–Crippen LogP) is 0.461. The van der Waals surface area contributed by atoms with Crippen LogP contribution >= 0.6 is 11.3 Å². The molecule has 2 heterocycles. The minimum Gasteiger partial charge on any atom is -0.345 e. The number of nitrogens with one attached hydrogen (secondary N) is 1. The first kappa shape index (κ1) is 13.6. The molecule has 1 amide bonds. The number of aromatic nitrogens is 4. The predicted molar refractivity (Wildman–Crippen MR) is 71.2 cm³/mol. The summed E-state index contributed by atoms with van der Waals surface area (Å²) in [5.41, 5.74) is 6.10. The van der Waals surface area contributed by atoms with Crippen molar-refractivity contribution in [3.63, 3.8) is 0 Å². The number of carbonyl (C=O) groups excluding carboxylic acids is 1. The van der Waals surface area contributed by atoms with Gasteiger partial charge < -0.3 is 11.1 Å². The van der Waals surface area contributed by atoms with Crippen LogP contribution in [0.1, 0.15) is 30.1 Å². The molecule has 8 heteroatoms. The second kappa shape index (κ2) is 6.39. The number of hydrogen-bond donors (Lipinski definition) is 2. The molecule has 19 heavy (non-hydrogen) atoms. The van der Waals surface area contributed by atoms with Gasteiger partial charge in [-0.25, -0.2) is 9.67 Å². The summed E-state index contributed by atoms with van der Waals surface area (Å²) in [6.45, 7) is 2.46. The van der Waals surface area contributed by atoms with E-state index >= 15 is 0 Å². The van der Waals surface area contributed by atoms with Crippen molar-refractivity contribution in [2.45, 2.75) is 32.5 Å². The van der Waals surface area contributed by atoms with E-state index in [1.807, 2.05) is 12.3 Å². The number of nitrogens with zero attached hydrogens (tertiary/aromatic N) is 4. The largest absolute Gasteiger partial charge is 0.345 e. The smallest absolute Gasteiger partial charge is 0.242 e. The minimum absolute atomic E-state index is 0.0509. The maximum absolute atomic E-state index is 11.9. The van der Waals surface area contributed by atoms with E-state index in [9.17, 15) is 4.79 Å². The first-order valence-electron chi connectivity index (χ1n) is 6.00. The van der Waals surface area contributed by atoms with Gasteiger partial charge in [0.1, 0.15) is 11.6 Å². The van der Waals surface area contributed by atoms with Crippen LogP contribution in [0, 0.1) is 0 Å². The van der Waals surface area contributed by atoms with E-state index in [1.165, 1.54) is 16.0 Å². The average Bonchev–Trinajstić information content (AvgIpc) is 3.06. The maximum Gasteiger partial charge on any atom is 0.242 e. The molecule has 2 aromatic heterocycles. The van der Waals surface area contributed by atoms with Crippen LogP contribution in [0.25, 0.3) is 0 Å². The van der Waals surface area contributed by atoms with Crippen molar-refractivity contribution >= 4 is 17.2 Å². The van der Waals surface area contributed by atoms with Crippen molar-refractivity contribution in [1.82, 2.24) is 25.3 Å². The molecule has 0 aromatic carbocycles. The van der Waals surface area contributed by atoms with Crippen LogP contribution in [0.4, 0.5) is 0 Å². The van der Waals surface area contributed by atoms with E-state index < -0.39 is 0 Å². The van der Waals surface area contributed by atoms with Crippen LogP contribution in [-0.2, 0) is 17.9 Å². The van der Waals surface area contributed by atoms with Gasteiger partial charge >= 0.3 is 0 Å². The molecule has 1 atom stereocenters. The van der Waals surface area contributed by atoms with Gasteiger partial charge in [0.25, 0.3) is 0 Å². The molecule has 0 aliphatic rings. The van der Waals surface area contributed by atoms with E-state index in [0.29, 0.717) is 12.2 Å². The van der Waals surface area contributed by atoms with Crippen molar-refractivity contribution in [2.24, 2.45) is 5.73 Å². The SMILES string of the molecule is CCC(NC(=O)Cn1cc(CN)nn1)c1nccs1. The molecule has 0 spiro atoms. The van der Waals surface area contributed by atoms with Crippen LogP contribution in [-0.4, -0.2) is 25.9 Å². The highest BCUT2D eigenvalue weighted by Gasteiger charge is 2.15. The Morgan fingerprint density at radius 2 is 2.47 bits per heavy atom. The highest BCUT2D eigenvalue weighted by molar-refractivity contribution is 7.09. The van der Waals surface area contributed by atoms with E-state index in [4.69, 9.17) is 5.73 Å². The molecule has 0 radical (unpaired) electrons. The van der Waals surface area contributed by atoms with Crippen LogP contribution in [0.15, 0.2) is 17.8 Å². The highest BCUT2D eigenvalue weighted by atomic mass is 32.1. The summed E-state index contributed by atoms with van der Waals surface area (Å²) in [6.07, 6.45) is 4.20. The summed E-state index contributed by atoms with van der Waals surface area (Å²) >= 11 is 1.53. The lowest BCUT2D eigenvalue weighted by atomic mass is 10.2. The maximum atomic E-state index is 11.9. The third kappa shape index (κ3) is 3.58. The summed E-state index contributed by atoms with van der Waals surface area (Å²) in [5, 5.41) is 13.4. The van der Waals surface area contributed by atoms with E-state index in [-0.39, 0.29) is 18.5 Å². The second-order valence-electron chi connectivity index (χ2n) is 4.01. The zero-order valence-corrected chi connectivity index (χ0v) is 11.4. The quantitative estimate of drug-likeness (QED) is 0.801. The zero-order chi connectivity index (χ0) is 13.7. The Morgan fingerprint density at radius 3 is 3.05 bits per heavy atom. The molecule has 3 N–H and O–H groups in total. The van der Waals surface area contributed by atoms with Gasteiger partial charge in [0.05, 0.1) is 17.9 Å².